The van der Waals surface area contributed by atoms with E-state index in [4.69, 9.17) is 37.1 Å². The zero-order chi connectivity index (χ0) is 22.7. The van der Waals surface area contributed by atoms with E-state index in [2.05, 4.69) is 10.1 Å². The van der Waals surface area contributed by atoms with Crippen LogP contribution in [-0.2, 0) is 9.53 Å². The van der Waals surface area contributed by atoms with E-state index in [1.165, 1.54) is 23.4 Å². The molecule has 4 rings (SSSR count). The Morgan fingerprint density at radius 2 is 1.94 bits per heavy atom. The van der Waals surface area contributed by atoms with Gasteiger partial charge in [-0.15, -0.1) is 0 Å². The van der Waals surface area contributed by atoms with E-state index in [0.717, 1.165) is 5.56 Å². The number of hydrazone groups is 1. The number of aromatic nitrogens is 1. The number of nitrogens with zero attached hydrogens (tertiary/aromatic N) is 3. The maximum atomic E-state index is 12.9. The molecular weight excluding hydrogens is 457 g/mol. The van der Waals surface area contributed by atoms with Gasteiger partial charge in [0.2, 0.25) is 0 Å². The Morgan fingerprint density at radius 1 is 1.16 bits per heavy atom. The Morgan fingerprint density at radius 3 is 2.62 bits per heavy atom. The minimum atomic E-state index is -0.862. The van der Waals surface area contributed by atoms with Gasteiger partial charge >= 0.3 is 5.97 Å². The molecular formula is C22H17Cl2N3O5. The predicted octanol–water partition coefficient (Wildman–Crippen LogP) is 4.52. The van der Waals surface area contributed by atoms with E-state index in [9.17, 15) is 9.59 Å². The summed E-state index contributed by atoms with van der Waals surface area (Å²) in [6.07, 6.45) is 1.96. The smallest absolute Gasteiger partial charge is 0.359 e. The molecule has 3 aromatic rings. The summed E-state index contributed by atoms with van der Waals surface area (Å²) in [6.45, 7) is -0.556. The van der Waals surface area contributed by atoms with Crippen LogP contribution in [-0.4, -0.2) is 41.3 Å². The van der Waals surface area contributed by atoms with E-state index >= 15 is 0 Å². The fourth-order valence-corrected chi connectivity index (χ4v) is 3.55. The van der Waals surface area contributed by atoms with Crippen molar-refractivity contribution in [1.29, 1.82) is 0 Å². The Balaban J connectivity index is 1.52. The first-order valence-electron chi connectivity index (χ1n) is 9.53. The van der Waals surface area contributed by atoms with Gasteiger partial charge in [0.1, 0.15) is 22.7 Å². The first-order valence-corrected chi connectivity index (χ1v) is 10.3. The maximum absolute atomic E-state index is 12.9. The number of ether oxygens (including phenoxy) is 2. The largest absolute Gasteiger partial charge is 0.497 e. The first kappa shape index (κ1) is 21.9. The summed E-state index contributed by atoms with van der Waals surface area (Å²) in [5.41, 5.74) is 1.36. The number of amides is 1. The van der Waals surface area contributed by atoms with E-state index in [1.54, 1.807) is 19.2 Å². The van der Waals surface area contributed by atoms with Crippen LogP contribution in [0.15, 0.2) is 64.3 Å². The number of methoxy groups -OCH3 is 1. The molecule has 1 atom stereocenters. The highest BCUT2D eigenvalue weighted by Gasteiger charge is 2.35. The van der Waals surface area contributed by atoms with E-state index in [0.29, 0.717) is 23.6 Å². The SMILES string of the molecule is COc1ccc(C2=NN(C(=O)COC(=O)c3nc(Cl)ccc3Cl)C(c3ccco3)C2)cc1. The number of furan rings is 1. The summed E-state index contributed by atoms with van der Waals surface area (Å²) in [5, 5.41) is 5.89. The molecule has 10 heteroatoms. The number of hydrogen-bond acceptors (Lipinski definition) is 7. The summed E-state index contributed by atoms with van der Waals surface area (Å²) < 4.78 is 15.8. The van der Waals surface area contributed by atoms with Crippen molar-refractivity contribution in [3.8, 4) is 5.75 Å². The summed E-state index contributed by atoms with van der Waals surface area (Å²) in [4.78, 5) is 29.1. The van der Waals surface area contributed by atoms with Crippen LogP contribution in [0.1, 0.15) is 34.3 Å². The topological polar surface area (TPSA) is 94.2 Å². The van der Waals surface area contributed by atoms with Gasteiger partial charge in [0.25, 0.3) is 5.91 Å². The number of rotatable bonds is 6. The molecule has 0 aliphatic carbocycles. The highest BCUT2D eigenvalue weighted by molar-refractivity contribution is 6.34. The molecule has 3 heterocycles. The van der Waals surface area contributed by atoms with Crippen molar-refractivity contribution in [2.24, 2.45) is 5.10 Å². The molecule has 32 heavy (non-hydrogen) atoms. The van der Waals surface area contributed by atoms with Gasteiger partial charge in [-0.25, -0.2) is 14.8 Å². The Hall–Kier alpha value is -3.36. The molecule has 0 saturated heterocycles. The number of carbonyl (C=O) groups excluding carboxylic acids is 2. The van der Waals surface area contributed by atoms with Gasteiger partial charge in [-0.3, -0.25) is 4.79 Å². The molecule has 0 bridgehead atoms. The molecule has 164 valence electrons. The lowest BCUT2D eigenvalue weighted by Crippen LogP contribution is -2.31. The summed E-state index contributed by atoms with van der Waals surface area (Å²) in [6, 6.07) is 13.2. The molecule has 1 amide bonds. The first-order chi connectivity index (χ1) is 15.5. The number of benzene rings is 1. The second-order valence-corrected chi connectivity index (χ2v) is 7.58. The lowest BCUT2D eigenvalue weighted by atomic mass is 10.0. The highest BCUT2D eigenvalue weighted by Crippen LogP contribution is 2.33. The quantitative estimate of drug-likeness (QED) is 0.385. The standard InChI is InChI=1S/C22H17Cl2N3O5/c1-30-14-6-4-13(5-7-14)16-11-17(18-3-2-10-31-18)27(26-16)20(28)12-32-22(29)21-15(23)8-9-19(24)25-21/h2-10,17H,11-12H2,1H3. The lowest BCUT2D eigenvalue weighted by Gasteiger charge is -2.19. The zero-order valence-corrected chi connectivity index (χ0v) is 18.3. The second-order valence-electron chi connectivity index (χ2n) is 6.79. The monoisotopic (exact) mass is 473 g/mol. The van der Waals surface area contributed by atoms with Crippen LogP contribution in [0.3, 0.4) is 0 Å². The van der Waals surface area contributed by atoms with Crippen LogP contribution >= 0.6 is 23.2 Å². The minimum Gasteiger partial charge on any atom is -0.497 e. The molecule has 1 unspecified atom stereocenters. The Labute approximate surface area is 193 Å². The Bertz CT molecular complexity index is 1160. The average Bonchev–Trinajstić information content (AvgIpc) is 3.49. The molecule has 1 aromatic carbocycles. The molecule has 0 spiro atoms. The van der Waals surface area contributed by atoms with E-state index in [-0.39, 0.29) is 15.9 Å². The van der Waals surface area contributed by atoms with Crippen molar-refractivity contribution < 1.29 is 23.5 Å². The van der Waals surface area contributed by atoms with Crippen LogP contribution in [0.5, 0.6) is 5.75 Å². The van der Waals surface area contributed by atoms with Gasteiger partial charge in [-0.1, -0.05) is 23.2 Å². The molecule has 2 aromatic heterocycles. The van der Waals surface area contributed by atoms with Crippen LogP contribution < -0.4 is 4.74 Å². The number of hydrogen-bond donors (Lipinski definition) is 0. The van der Waals surface area contributed by atoms with E-state index < -0.39 is 24.5 Å². The van der Waals surface area contributed by atoms with Gasteiger partial charge in [0.05, 0.1) is 24.1 Å². The Kier molecular flexibility index (Phi) is 6.43. The van der Waals surface area contributed by atoms with Crippen LogP contribution in [0, 0.1) is 0 Å². The van der Waals surface area contributed by atoms with Crippen molar-refractivity contribution in [3.05, 3.63) is 82.0 Å². The third-order valence-electron chi connectivity index (χ3n) is 4.79. The molecule has 1 aliphatic rings. The second kappa shape index (κ2) is 9.42. The lowest BCUT2D eigenvalue weighted by molar-refractivity contribution is -0.136. The molecule has 0 saturated carbocycles. The number of esters is 1. The highest BCUT2D eigenvalue weighted by atomic mass is 35.5. The third-order valence-corrected chi connectivity index (χ3v) is 5.31. The summed E-state index contributed by atoms with van der Waals surface area (Å²) in [7, 11) is 1.59. The van der Waals surface area contributed by atoms with Gasteiger partial charge in [-0.05, 0) is 54.1 Å². The minimum absolute atomic E-state index is 0.0706. The maximum Gasteiger partial charge on any atom is 0.359 e. The number of carbonyl (C=O) groups is 2. The fourth-order valence-electron chi connectivity index (χ4n) is 3.22. The normalized spacial score (nSPS) is 15.4. The third kappa shape index (κ3) is 4.61. The number of pyridine rings is 1. The van der Waals surface area contributed by atoms with Crippen molar-refractivity contribution >= 4 is 40.8 Å². The van der Waals surface area contributed by atoms with Crippen molar-refractivity contribution in [2.45, 2.75) is 12.5 Å². The fraction of sp³-hybridized carbons (Fsp3) is 0.182. The van der Waals surface area contributed by atoms with Crippen molar-refractivity contribution in [2.75, 3.05) is 13.7 Å². The van der Waals surface area contributed by atoms with E-state index in [1.807, 2.05) is 24.3 Å². The van der Waals surface area contributed by atoms with Gasteiger partial charge < -0.3 is 13.9 Å². The van der Waals surface area contributed by atoms with Crippen LogP contribution in [0.4, 0.5) is 0 Å². The average molecular weight is 474 g/mol. The van der Waals surface area contributed by atoms with Gasteiger partial charge in [0.15, 0.2) is 12.3 Å². The molecule has 8 nitrogen and oxygen atoms in total. The molecule has 0 fully saturated rings. The molecule has 1 aliphatic heterocycles. The molecule has 0 radical (unpaired) electrons. The van der Waals surface area contributed by atoms with Crippen LogP contribution in [0.25, 0.3) is 0 Å². The predicted molar refractivity (Wildman–Crippen MR) is 117 cm³/mol. The molecule has 0 N–H and O–H groups in total. The summed E-state index contributed by atoms with van der Waals surface area (Å²) >= 11 is 11.8. The van der Waals surface area contributed by atoms with Crippen molar-refractivity contribution in [1.82, 2.24) is 9.99 Å². The van der Waals surface area contributed by atoms with Gasteiger partial charge in [0, 0.05) is 6.42 Å². The summed E-state index contributed by atoms with van der Waals surface area (Å²) in [5.74, 6) is -0.111. The van der Waals surface area contributed by atoms with Gasteiger partial charge in [-0.2, -0.15) is 5.10 Å². The zero-order valence-electron chi connectivity index (χ0n) is 16.8. The van der Waals surface area contributed by atoms with Crippen LogP contribution in [0.2, 0.25) is 10.2 Å². The van der Waals surface area contributed by atoms with Crippen molar-refractivity contribution in [3.63, 3.8) is 0 Å². The number of halogens is 2.